The number of benzene rings is 1. The van der Waals surface area contributed by atoms with Crippen molar-refractivity contribution in [2.24, 2.45) is 17.8 Å². The highest BCUT2D eigenvalue weighted by molar-refractivity contribution is 7.85. The number of fused-ring (bicyclic) bond motifs is 1. The van der Waals surface area contributed by atoms with Crippen LogP contribution in [-0.2, 0) is 24.4 Å². The Morgan fingerprint density at radius 3 is 2.22 bits per heavy atom. The van der Waals surface area contributed by atoms with Crippen LogP contribution in [0, 0.1) is 41.0 Å². The summed E-state index contributed by atoms with van der Waals surface area (Å²) >= 11 is 0. The molecule has 0 aromatic heterocycles. The summed E-state index contributed by atoms with van der Waals surface area (Å²) in [4.78, 5) is 21.7. The van der Waals surface area contributed by atoms with Crippen molar-refractivity contribution < 1.29 is 49.6 Å². The first-order valence-corrected chi connectivity index (χ1v) is 9.15. The van der Waals surface area contributed by atoms with Gasteiger partial charge in [0.15, 0.2) is 23.3 Å². The van der Waals surface area contributed by atoms with E-state index in [1.54, 1.807) is 0 Å². The minimum absolute atomic E-state index is 0.0181. The molecule has 0 spiro atoms. The Kier molecular flexibility index (Phi) is 3.64. The molecule has 146 valence electrons. The standard InChI is InChI=1S/C15H10F4O7S/c16-8-7(9(17)11(19)12(10(8)18)27(22,23)24)14(21)26-15-3-4-1-5(6(15)2-4)13(20)25-15/h4-6H,1-3H2,(H,22,23,24)/p-1. The largest absolute Gasteiger partial charge is 0.744 e. The van der Waals surface area contributed by atoms with Gasteiger partial charge in [-0.2, -0.15) is 0 Å². The van der Waals surface area contributed by atoms with Gasteiger partial charge in [-0.25, -0.2) is 30.8 Å². The van der Waals surface area contributed by atoms with E-state index in [4.69, 9.17) is 9.47 Å². The van der Waals surface area contributed by atoms with Crippen molar-refractivity contribution in [2.45, 2.75) is 29.9 Å². The fourth-order valence-corrected chi connectivity index (χ4v) is 4.95. The molecule has 1 heterocycles. The second kappa shape index (κ2) is 5.41. The van der Waals surface area contributed by atoms with Crippen LogP contribution in [0.15, 0.2) is 4.90 Å². The molecule has 3 aliphatic rings. The summed E-state index contributed by atoms with van der Waals surface area (Å²) < 4.78 is 98.3. The first-order valence-electron chi connectivity index (χ1n) is 7.74. The van der Waals surface area contributed by atoms with Crippen LogP contribution in [0.25, 0.3) is 0 Å². The first kappa shape index (κ1) is 18.2. The molecular weight excluding hydrogens is 400 g/mol. The molecule has 1 saturated heterocycles. The van der Waals surface area contributed by atoms with Gasteiger partial charge in [-0.05, 0) is 18.8 Å². The average Bonchev–Trinajstić information content (AvgIpc) is 3.12. The monoisotopic (exact) mass is 409 g/mol. The smallest absolute Gasteiger partial charge is 0.347 e. The van der Waals surface area contributed by atoms with E-state index in [2.05, 4.69) is 0 Å². The van der Waals surface area contributed by atoms with Crippen molar-refractivity contribution in [1.82, 2.24) is 0 Å². The maximum Gasteiger partial charge on any atom is 0.347 e. The Morgan fingerprint density at radius 2 is 1.70 bits per heavy atom. The molecule has 1 aliphatic heterocycles. The van der Waals surface area contributed by atoms with Gasteiger partial charge < -0.3 is 14.0 Å². The topological polar surface area (TPSA) is 110 Å². The van der Waals surface area contributed by atoms with Crippen molar-refractivity contribution >= 4 is 22.1 Å². The van der Waals surface area contributed by atoms with Crippen molar-refractivity contribution in [3.63, 3.8) is 0 Å². The van der Waals surface area contributed by atoms with E-state index in [1.165, 1.54) is 0 Å². The lowest BCUT2D eigenvalue weighted by Crippen LogP contribution is -2.40. The van der Waals surface area contributed by atoms with Crippen molar-refractivity contribution in [1.29, 1.82) is 0 Å². The number of ether oxygens (including phenoxy) is 2. The molecular formula is C15H9F4O7S-. The molecule has 4 unspecified atom stereocenters. The van der Waals surface area contributed by atoms with Crippen molar-refractivity contribution in [2.75, 3.05) is 0 Å². The van der Waals surface area contributed by atoms with Crippen LogP contribution in [0.5, 0.6) is 0 Å². The highest BCUT2D eigenvalue weighted by Gasteiger charge is 2.68. The molecule has 2 saturated carbocycles. The zero-order valence-corrected chi connectivity index (χ0v) is 13.9. The second-order valence-electron chi connectivity index (χ2n) is 6.79. The molecule has 0 amide bonds. The SMILES string of the molecule is O=C(OC12CC3CC(C(=O)O1)C2C3)c1c(F)c(F)c(S(=O)(=O)[O-])c(F)c1F. The minimum atomic E-state index is -5.90. The second-order valence-corrected chi connectivity index (χ2v) is 8.11. The molecule has 1 aromatic carbocycles. The number of rotatable bonds is 3. The fourth-order valence-electron chi connectivity index (χ4n) is 4.33. The Bertz CT molecular complexity index is 979. The lowest BCUT2D eigenvalue weighted by Gasteiger charge is -2.30. The predicted octanol–water partition coefficient (Wildman–Crippen LogP) is 1.60. The Hall–Kier alpha value is -2.21. The third kappa shape index (κ3) is 2.39. The van der Waals surface area contributed by atoms with Gasteiger partial charge >= 0.3 is 11.9 Å². The van der Waals surface area contributed by atoms with Gasteiger partial charge in [-0.1, -0.05) is 0 Å². The van der Waals surface area contributed by atoms with Gasteiger partial charge in [0.1, 0.15) is 20.6 Å². The van der Waals surface area contributed by atoms with Crippen LogP contribution in [0.2, 0.25) is 0 Å². The Balaban J connectivity index is 1.75. The normalized spacial score (nSPS) is 31.3. The highest BCUT2D eigenvalue weighted by atomic mass is 32.2. The van der Waals surface area contributed by atoms with Crippen molar-refractivity contribution in [3.8, 4) is 0 Å². The first-order chi connectivity index (χ1) is 12.5. The maximum absolute atomic E-state index is 14.1. The lowest BCUT2D eigenvalue weighted by molar-refractivity contribution is -0.196. The van der Waals surface area contributed by atoms with Crippen LogP contribution in [0.3, 0.4) is 0 Å². The molecule has 4 rings (SSSR count). The van der Waals surface area contributed by atoms with E-state index in [0.29, 0.717) is 12.8 Å². The molecule has 1 aromatic rings. The molecule has 27 heavy (non-hydrogen) atoms. The summed E-state index contributed by atoms with van der Waals surface area (Å²) in [5, 5.41) is 0. The number of hydrogen-bond acceptors (Lipinski definition) is 7. The zero-order valence-electron chi connectivity index (χ0n) is 13.1. The van der Waals surface area contributed by atoms with Crippen LogP contribution < -0.4 is 0 Å². The predicted molar refractivity (Wildman–Crippen MR) is 72.8 cm³/mol. The Labute approximate surface area is 149 Å². The Morgan fingerprint density at radius 1 is 1.11 bits per heavy atom. The zero-order chi connectivity index (χ0) is 19.9. The lowest BCUT2D eigenvalue weighted by atomic mass is 9.87. The van der Waals surface area contributed by atoms with Gasteiger partial charge in [0, 0.05) is 6.42 Å². The van der Waals surface area contributed by atoms with Gasteiger partial charge in [0.2, 0.25) is 0 Å². The number of halogens is 4. The fraction of sp³-hybridized carbons (Fsp3) is 0.467. The number of carbonyl (C=O) groups is 2. The molecule has 3 fully saturated rings. The van der Waals surface area contributed by atoms with E-state index < -0.39 is 73.4 Å². The highest BCUT2D eigenvalue weighted by Crippen LogP contribution is 2.61. The molecule has 0 radical (unpaired) electrons. The minimum Gasteiger partial charge on any atom is -0.744 e. The van der Waals surface area contributed by atoms with Crippen LogP contribution in [0.1, 0.15) is 29.6 Å². The molecule has 4 atom stereocenters. The van der Waals surface area contributed by atoms with E-state index in [-0.39, 0.29) is 12.3 Å². The van der Waals surface area contributed by atoms with Gasteiger partial charge in [-0.15, -0.1) is 0 Å². The van der Waals surface area contributed by atoms with Gasteiger partial charge in [0.05, 0.1) is 11.8 Å². The summed E-state index contributed by atoms with van der Waals surface area (Å²) in [6.45, 7) is 0. The van der Waals surface area contributed by atoms with E-state index in [1.807, 2.05) is 0 Å². The summed E-state index contributed by atoms with van der Waals surface area (Å²) in [6, 6.07) is 0. The number of carbonyl (C=O) groups excluding carboxylic acids is 2. The van der Waals surface area contributed by atoms with Crippen LogP contribution in [0.4, 0.5) is 17.6 Å². The molecule has 7 nitrogen and oxygen atoms in total. The summed E-state index contributed by atoms with van der Waals surface area (Å²) in [6.07, 6.45) is 1.07. The quantitative estimate of drug-likeness (QED) is 0.323. The average molecular weight is 409 g/mol. The molecule has 2 aliphatic carbocycles. The molecule has 12 heteroatoms. The van der Waals surface area contributed by atoms with Crippen LogP contribution in [-0.4, -0.2) is 30.7 Å². The van der Waals surface area contributed by atoms with Crippen LogP contribution >= 0.6 is 0 Å². The number of hydrogen-bond donors (Lipinski definition) is 0. The third-order valence-electron chi connectivity index (χ3n) is 5.32. The maximum atomic E-state index is 14.1. The summed E-state index contributed by atoms with van der Waals surface area (Å²) in [5.41, 5.74) is -1.85. The van der Waals surface area contributed by atoms with Gasteiger partial charge in [-0.3, -0.25) is 4.79 Å². The van der Waals surface area contributed by atoms with Gasteiger partial charge in [0.25, 0.3) is 5.79 Å². The van der Waals surface area contributed by atoms with E-state index in [9.17, 15) is 40.1 Å². The van der Waals surface area contributed by atoms with E-state index >= 15 is 0 Å². The van der Waals surface area contributed by atoms with Crippen molar-refractivity contribution in [3.05, 3.63) is 28.8 Å². The summed E-state index contributed by atoms with van der Waals surface area (Å²) in [7, 11) is -5.90. The molecule has 2 bridgehead atoms. The molecule has 0 N–H and O–H groups in total. The third-order valence-corrected chi connectivity index (χ3v) is 6.18. The van der Waals surface area contributed by atoms with E-state index in [0.717, 1.165) is 0 Å². The summed E-state index contributed by atoms with van der Waals surface area (Å²) in [5.74, 6) is -15.3. The number of esters is 2.